The molecule has 4 N–H and O–H groups in total. The zero-order valence-electron chi connectivity index (χ0n) is 10.3. The van der Waals surface area contributed by atoms with Crippen molar-refractivity contribution in [1.82, 2.24) is 0 Å². The van der Waals surface area contributed by atoms with Gasteiger partial charge in [0.15, 0.2) is 0 Å². The molecule has 0 aliphatic heterocycles. The molecule has 0 radical (unpaired) electrons. The first-order valence-electron chi connectivity index (χ1n) is 5.63. The number of carboxylic acids is 1. The number of carbonyl (C=O) groups is 1. The van der Waals surface area contributed by atoms with Gasteiger partial charge in [-0.05, 0) is 58.7 Å². The van der Waals surface area contributed by atoms with Crippen molar-refractivity contribution in [3.63, 3.8) is 0 Å². The van der Waals surface area contributed by atoms with Crippen LogP contribution in [-0.4, -0.2) is 11.1 Å². The Kier molecular flexibility index (Phi) is 3.76. The van der Waals surface area contributed by atoms with Crippen molar-refractivity contribution in [3.05, 3.63) is 52.0 Å². The van der Waals surface area contributed by atoms with Crippen molar-refractivity contribution in [3.8, 4) is 0 Å². The number of aromatic carboxylic acids is 1. The molecule has 0 heterocycles. The minimum Gasteiger partial charge on any atom is -0.478 e. The van der Waals surface area contributed by atoms with E-state index in [1.807, 2.05) is 25.1 Å². The van der Waals surface area contributed by atoms with Gasteiger partial charge < -0.3 is 16.2 Å². The Bertz CT molecular complexity index is 641. The normalized spacial score (nSPS) is 10.2. The lowest BCUT2D eigenvalue weighted by atomic mass is 10.1. The monoisotopic (exact) mass is 320 g/mol. The molecule has 4 nitrogen and oxygen atoms in total. The summed E-state index contributed by atoms with van der Waals surface area (Å²) < 4.78 is 0.930. The third-order valence-corrected chi connectivity index (χ3v) is 3.37. The number of benzene rings is 2. The van der Waals surface area contributed by atoms with Crippen LogP contribution in [0.5, 0.6) is 0 Å². The molecule has 0 aliphatic carbocycles. The maximum absolute atomic E-state index is 10.9. The number of nitrogens with two attached hydrogens (primary N) is 1. The molecule has 0 saturated heterocycles. The average molecular weight is 321 g/mol. The molecule has 2 aromatic rings. The van der Waals surface area contributed by atoms with Crippen LogP contribution in [-0.2, 0) is 0 Å². The van der Waals surface area contributed by atoms with E-state index in [-0.39, 0.29) is 11.3 Å². The highest BCUT2D eigenvalue weighted by Gasteiger charge is 2.08. The molecule has 2 aromatic carbocycles. The van der Waals surface area contributed by atoms with Gasteiger partial charge in [0, 0.05) is 15.8 Å². The van der Waals surface area contributed by atoms with E-state index in [9.17, 15) is 4.79 Å². The molecule has 0 amide bonds. The van der Waals surface area contributed by atoms with Crippen LogP contribution in [0.3, 0.4) is 0 Å². The lowest BCUT2D eigenvalue weighted by Gasteiger charge is -2.11. The molecule has 0 spiro atoms. The number of hydrogen-bond donors (Lipinski definition) is 3. The molecular weight excluding hydrogens is 308 g/mol. The first kappa shape index (κ1) is 13.4. The first-order chi connectivity index (χ1) is 8.97. The smallest absolute Gasteiger partial charge is 0.337 e. The topological polar surface area (TPSA) is 75.3 Å². The van der Waals surface area contributed by atoms with Crippen LogP contribution in [0.1, 0.15) is 15.9 Å². The van der Waals surface area contributed by atoms with Gasteiger partial charge in [0.2, 0.25) is 0 Å². The Morgan fingerprint density at radius 2 is 2.00 bits per heavy atom. The fraction of sp³-hybridized carbons (Fsp3) is 0.0714. The zero-order valence-corrected chi connectivity index (χ0v) is 11.9. The summed E-state index contributed by atoms with van der Waals surface area (Å²) in [5, 5.41) is 12.1. The van der Waals surface area contributed by atoms with Gasteiger partial charge in [-0.25, -0.2) is 4.79 Å². The van der Waals surface area contributed by atoms with E-state index in [0.717, 1.165) is 21.4 Å². The van der Waals surface area contributed by atoms with E-state index in [1.54, 1.807) is 12.1 Å². The van der Waals surface area contributed by atoms with Gasteiger partial charge in [-0.2, -0.15) is 0 Å². The molecule has 0 unspecified atom stereocenters. The maximum Gasteiger partial charge on any atom is 0.337 e. The number of nitrogen functional groups attached to an aromatic ring is 1. The van der Waals surface area contributed by atoms with Crippen molar-refractivity contribution < 1.29 is 9.90 Å². The predicted molar refractivity (Wildman–Crippen MR) is 80.0 cm³/mol. The Labute approximate surface area is 119 Å². The fourth-order valence-electron chi connectivity index (χ4n) is 1.73. The van der Waals surface area contributed by atoms with Gasteiger partial charge in [0.1, 0.15) is 0 Å². The van der Waals surface area contributed by atoms with Crippen LogP contribution in [0.25, 0.3) is 0 Å². The van der Waals surface area contributed by atoms with E-state index in [2.05, 4.69) is 21.2 Å². The van der Waals surface area contributed by atoms with Crippen molar-refractivity contribution >= 4 is 39.0 Å². The molecule has 5 heteroatoms. The molecule has 0 aliphatic rings. The van der Waals surface area contributed by atoms with E-state index >= 15 is 0 Å². The van der Waals surface area contributed by atoms with Crippen molar-refractivity contribution in [1.29, 1.82) is 0 Å². The highest BCUT2D eigenvalue weighted by molar-refractivity contribution is 9.10. The second-order valence-electron chi connectivity index (χ2n) is 4.22. The van der Waals surface area contributed by atoms with Gasteiger partial charge in [-0.15, -0.1) is 0 Å². The number of halogens is 1. The van der Waals surface area contributed by atoms with Crippen molar-refractivity contribution in [2.45, 2.75) is 6.92 Å². The van der Waals surface area contributed by atoms with Gasteiger partial charge in [0.05, 0.1) is 11.3 Å². The Balaban J connectivity index is 2.31. The first-order valence-corrected chi connectivity index (χ1v) is 6.42. The average Bonchev–Trinajstić information content (AvgIpc) is 2.33. The zero-order chi connectivity index (χ0) is 14.0. The second-order valence-corrected chi connectivity index (χ2v) is 5.07. The maximum atomic E-state index is 10.9. The van der Waals surface area contributed by atoms with Crippen LogP contribution < -0.4 is 11.1 Å². The minimum absolute atomic E-state index is 0.105. The van der Waals surface area contributed by atoms with E-state index in [1.165, 1.54) is 6.07 Å². The number of nitrogens with one attached hydrogen (secondary N) is 1. The van der Waals surface area contributed by atoms with Crippen molar-refractivity contribution in [2.75, 3.05) is 11.1 Å². The number of hydrogen-bond acceptors (Lipinski definition) is 3. The highest BCUT2D eigenvalue weighted by Crippen LogP contribution is 2.28. The summed E-state index contributed by atoms with van der Waals surface area (Å²) in [4.78, 5) is 10.9. The number of rotatable bonds is 3. The summed E-state index contributed by atoms with van der Waals surface area (Å²) in [6.45, 7) is 2.00. The summed E-state index contributed by atoms with van der Waals surface area (Å²) >= 11 is 3.46. The van der Waals surface area contributed by atoms with Gasteiger partial charge in [-0.1, -0.05) is 6.07 Å². The van der Waals surface area contributed by atoms with E-state index < -0.39 is 5.97 Å². The molecule has 0 atom stereocenters. The minimum atomic E-state index is -1.03. The lowest BCUT2D eigenvalue weighted by molar-refractivity contribution is 0.0698. The van der Waals surface area contributed by atoms with Gasteiger partial charge in [0.25, 0.3) is 0 Å². The fourth-order valence-corrected chi connectivity index (χ4v) is 2.07. The van der Waals surface area contributed by atoms with Crippen LogP contribution >= 0.6 is 15.9 Å². The molecule has 0 saturated carbocycles. The summed E-state index contributed by atoms with van der Waals surface area (Å²) in [5.74, 6) is -1.03. The Morgan fingerprint density at radius 3 is 2.63 bits per heavy atom. The van der Waals surface area contributed by atoms with Crippen LogP contribution in [0, 0.1) is 6.92 Å². The summed E-state index contributed by atoms with van der Waals surface area (Å²) in [6.07, 6.45) is 0. The standard InChI is InChI=1S/C14H13BrN2O2/c1-8-2-5-11(15)13(6-8)17-9-3-4-10(14(18)19)12(16)7-9/h2-7,17H,16H2,1H3,(H,18,19). The molecule has 0 aromatic heterocycles. The number of anilines is 3. The number of aryl methyl sites for hydroxylation is 1. The Hall–Kier alpha value is -2.01. The quantitative estimate of drug-likeness (QED) is 0.752. The summed E-state index contributed by atoms with van der Waals surface area (Å²) in [6, 6.07) is 10.7. The lowest BCUT2D eigenvalue weighted by Crippen LogP contribution is -2.03. The molecule has 0 bridgehead atoms. The van der Waals surface area contributed by atoms with E-state index in [4.69, 9.17) is 10.8 Å². The molecule has 0 fully saturated rings. The van der Waals surface area contributed by atoms with Crippen molar-refractivity contribution in [2.24, 2.45) is 0 Å². The summed E-state index contributed by atoms with van der Waals surface area (Å²) in [5.41, 5.74) is 8.83. The van der Waals surface area contributed by atoms with Crippen LogP contribution in [0.4, 0.5) is 17.1 Å². The van der Waals surface area contributed by atoms with Crippen LogP contribution in [0.15, 0.2) is 40.9 Å². The SMILES string of the molecule is Cc1ccc(Br)c(Nc2ccc(C(=O)O)c(N)c2)c1. The van der Waals surface area contributed by atoms with E-state index in [0.29, 0.717) is 0 Å². The molecule has 19 heavy (non-hydrogen) atoms. The van der Waals surface area contributed by atoms with Crippen LogP contribution in [0.2, 0.25) is 0 Å². The van der Waals surface area contributed by atoms with Gasteiger partial charge in [-0.3, -0.25) is 0 Å². The van der Waals surface area contributed by atoms with Gasteiger partial charge >= 0.3 is 5.97 Å². The molecule has 2 rings (SSSR count). The third kappa shape index (κ3) is 3.06. The third-order valence-electron chi connectivity index (χ3n) is 2.68. The number of carboxylic acid groups (broad SMARTS) is 1. The highest BCUT2D eigenvalue weighted by atomic mass is 79.9. The summed E-state index contributed by atoms with van der Waals surface area (Å²) in [7, 11) is 0. The second kappa shape index (κ2) is 5.32. The molecule has 98 valence electrons. The Morgan fingerprint density at radius 1 is 1.26 bits per heavy atom. The predicted octanol–water partition coefficient (Wildman–Crippen LogP) is 3.78. The largest absolute Gasteiger partial charge is 0.478 e. The molecular formula is C14H13BrN2O2.